The van der Waals surface area contributed by atoms with Crippen LogP contribution in [-0.2, 0) is 4.74 Å². The van der Waals surface area contributed by atoms with E-state index < -0.39 is 0 Å². The van der Waals surface area contributed by atoms with Crippen LogP contribution in [0.3, 0.4) is 0 Å². The van der Waals surface area contributed by atoms with Crippen LogP contribution in [0.15, 0.2) is 40.8 Å². The quantitative estimate of drug-likeness (QED) is 0.863. The number of amides is 2. The summed E-state index contributed by atoms with van der Waals surface area (Å²) < 4.78 is 11.0. The van der Waals surface area contributed by atoms with E-state index in [1.807, 2.05) is 12.1 Å². The lowest BCUT2D eigenvalue weighted by atomic mass is 9.82. The molecule has 2 N–H and O–H groups in total. The van der Waals surface area contributed by atoms with Crippen LogP contribution in [0.5, 0.6) is 0 Å². The van der Waals surface area contributed by atoms with Crippen LogP contribution in [0.4, 0.5) is 0 Å². The average molecular weight is 356 g/mol. The van der Waals surface area contributed by atoms with Crippen LogP contribution in [0, 0.1) is 5.41 Å². The van der Waals surface area contributed by atoms with Gasteiger partial charge in [0.2, 0.25) is 0 Å². The molecule has 26 heavy (non-hydrogen) atoms. The predicted molar refractivity (Wildman–Crippen MR) is 98.0 cm³/mol. The fraction of sp³-hybridized carbons (Fsp3) is 0.400. The number of nitrogens with one attached hydrogen (secondary N) is 2. The Hall–Kier alpha value is -2.60. The Morgan fingerprint density at radius 1 is 1.12 bits per heavy atom. The summed E-state index contributed by atoms with van der Waals surface area (Å²) in [6.45, 7) is 4.29. The molecular formula is C20H24N2O4. The first-order valence-electron chi connectivity index (χ1n) is 8.79. The molecule has 1 aliphatic rings. The molecule has 0 spiro atoms. The molecule has 1 saturated heterocycles. The van der Waals surface area contributed by atoms with Crippen molar-refractivity contribution in [3.05, 3.63) is 47.7 Å². The van der Waals surface area contributed by atoms with E-state index in [1.165, 1.54) is 0 Å². The second kappa shape index (κ2) is 7.74. The van der Waals surface area contributed by atoms with Crippen molar-refractivity contribution in [2.24, 2.45) is 5.41 Å². The summed E-state index contributed by atoms with van der Waals surface area (Å²) in [5.74, 6) is 0.395. The van der Waals surface area contributed by atoms with E-state index in [0.717, 1.165) is 31.6 Å². The number of furan rings is 1. The molecule has 1 aromatic carbocycles. The summed E-state index contributed by atoms with van der Waals surface area (Å²) in [4.78, 5) is 24.2. The fourth-order valence-electron chi connectivity index (χ4n) is 2.99. The van der Waals surface area contributed by atoms with Crippen molar-refractivity contribution in [1.82, 2.24) is 10.6 Å². The highest BCUT2D eigenvalue weighted by atomic mass is 16.5. The van der Waals surface area contributed by atoms with Crippen molar-refractivity contribution in [2.45, 2.75) is 19.8 Å². The number of benzene rings is 1. The van der Waals surface area contributed by atoms with Crippen LogP contribution in [0.1, 0.15) is 40.7 Å². The second-order valence-corrected chi connectivity index (χ2v) is 6.93. The third-order valence-electron chi connectivity index (χ3n) is 4.84. The van der Waals surface area contributed by atoms with Gasteiger partial charge in [0.25, 0.3) is 11.8 Å². The molecule has 0 aliphatic carbocycles. The highest BCUT2D eigenvalue weighted by molar-refractivity contribution is 5.95. The Kier molecular flexibility index (Phi) is 5.42. The SMILES string of the molecule is CNC(=O)c1ccc(-c2cccc(C(=O)NCC3(C)CCOCC3)c2)o1. The molecule has 3 rings (SSSR count). The Morgan fingerprint density at radius 3 is 2.62 bits per heavy atom. The van der Waals surface area contributed by atoms with Crippen molar-refractivity contribution in [3.63, 3.8) is 0 Å². The Bertz CT molecular complexity index is 791. The summed E-state index contributed by atoms with van der Waals surface area (Å²) in [5, 5.41) is 5.55. The second-order valence-electron chi connectivity index (χ2n) is 6.93. The molecule has 1 aliphatic heterocycles. The lowest BCUT2D eigenvalue weighted by Crippen LogP contribution is -2.39. The van der Waals surface area contributed by atoms with Gasteiger partial charge < -0.3 is 19.8 Å². The topological polar surface area (TPSA) is 80.6 Å². The Labute approximate surface area is 152 Å². The van der Waals surface area contributed by atoms with Crippen molar-refractivity contribution in [3.8, 4) is 11.3 Å². The minimum Gasteiger partial charge on any atom is -0.451 e. The zero-order chi connectivity index (χ0) is 18.6. The first-order chi connectivity index (χ1) is 12.5. The highest BCUT2D eigenvalue weighted by Gasteiger charge is 2.27. The molecule has 2 amide bonds. The molecule has 6 nitrogen and oxygen atoms in total. The predicted octanol–water partition coefficient (Wildman–Crippen LogP) is 2.85. The van der Waals surface area contributed by atoms with Gasteiger partial charge in [-0.2, -0.15) is 0 Å². The van der Waals surface area contributed by atoms with Crippen molar-refractivity contribution in [1.29, 1.82) is 0 Å². The minimum absolute atomic E-state index is 0.0783. The van der Waals surface area contributed by atoms with Gasteiger partial charge in [-0.05, 0) is 42.5 Å². The van der Waals surface area contributed by atoms with Gasteiger partial charge in [0.05, 0.1) is 0 Å². The molecule has 2 heterocycles. The summed E-state index contributed by atoms with van der Waals surface area (Å²) >= 11 is 0. The minimum atomic E-state index is -0.283. The third-order valence-corrected chi connectivity index (χ3v) is 4.84. The summed E-state index contributed by atoms with van der Waals surface area (Å²) in [5.41, 5.74) is 1.40. The maximum atomic E-state index is 12.5. The molecule has 0 unspecified atom stereocenters. The lowest BCUT2D eigenvalue weighted by molar-refractivity contribution is 0.0238. The molecule has 2 aromatic rings. The van der Waals surface area contributed by atoms with E-state index in [9.17, 15) is 9.59 Å². The first-order valence-corrected chi connectivity index (χ1v) is 8.79. The summed E-state index contributed by atoms with van der Waals surface area (Å²) in [6, 6.07) is 10.5. The first kappa shape index (κ1) is 18.2. The number of carbonyl (C=O) groups is 2. The lowest BCUT2D eigenvalue weighted by Gasteiger charge is -2.33. The standard InChI is InChI=1S/C20H24N2O4/c1-20(8-10-25-11-9-20)13-22-18(23)15-5-3-4-14(12-15)16-6-7-17(26-16)19(24)21-2/h3-7,12H,8-11,13H2,1-2H3,(H,21,24)(H,22,23). The van der Waals surface area contributed by atoms with E-state index in [0.29, 0.717) is 17.9 Å². The molecule has 138 valence electrons. The van der Waals surface area contributed by atoms with Crippen LogP contribution < -0.4 is 10.6 Å². The molecular weight excluding hydrogens is 332 g/mol. The Morgan fingerprint density at radius 2 is 1.88 bits per heavy atom. The molecule has 6 heteroatoms. The molecule has 1 aromatic heterocycles. The molecule has 1 fully saturated rings. The average Bonchev–Trinajstić information content (AvgIpc) is 3.16. The van der Waals surface area contributed by atoms with E-state index in [2.05, 4.69) is 17.6 Å². The number of hydrogen-bond donors (Lipinski definition) is 2. The van der Waals surface area contributed by atoms with Crippen molar-refractivity contribution in [2.75, 3.05) is 26.8 Å². The Balaban J connectivity index is 1.69. The van der Waals surface area contributed by atoms with Crippen LogP contribution >= 0.6 is 0 Å². The number of hydrogen-bond acceptors (Lipinski definition) is 4. The van der Waals surface area contributed by atoms with E-state index in [4.69, 9.17) is 9.15 Å². The number of ether oxygens (including phenoxy) is 1. The van der Waals surface area contributed by atoms with Gasteiger partial charge in [-0.1, -0.05) is 19.1 Å². The van der Waals surface area contributed by atoms with Gasteiger partial charge in [-0.15, -0.1) is 0 Å². The van der Waals surface area contributed by atoms with Gasteiger partial charge in [0.1, 0.15) is 5.76 Å². The van der Waals surface area contributed by atoms with Gasteiger partial charge >= 0.3 is 0 Å². The van der Waals surface area contributed by atoms with Crippen LogP contribution in [-0.4, -0.2) is 38.6 Å². The monoisotopic (exact) mass is 356 g/mol. The smallest absolute Gasteiger partial charge is 0.286 e. The van der Waals surface area contributed by atoms with E-state index in [-0.39, 0.29) is 23.0 Å². The highest BCUT2D eigenvalue weighted by Crippen LogP contribution is 2.29. The van der Waals surface area contributed by atoms with Crippen LogP contribution in [0.2, 0.25) is 0 Å². The van der Waals surface area contributed by atoms with Gasteiger partial charge in [-0.3, -0.25) is 9.59 Å². The summed E-state index contributed by atoms with van der Waals surface area (Å²) in [6.07, 6.45) is 1.89. The maximum absolute atomic E-state index is 12.5. The van der Waals surface area contributed by atoms with Gasteiger partial charge in [0.15, 0.2) is 5.76 Å². The molecule has 0 bridgehead atoms. The van der Waals surface area contributed by atoms with Gasteiger partial charge in [-0.25, -0.2) is 0 Å². The zero-order valence-corrected chi connectivity index (χ0v) is 15.1. The van der Waals surface area contributed by atoms with Crippen molar-refractivity contribution < 1.29 is 18.7 Å². The van der Waals surface area contributed by atoms with E-state index >= 15 is 0 Å². The number of carbonyl (C=O) groups excluding carboxylic acids is 2. The van der Waals surface area contributed by atoms with Crippen molar-refractivity contribution >= 4 is 11.8 Å². The third kappa shape index (κ3) is 4.14. The number of rotatable bonds is 5. The largest absolute Gasteiger partial charge is 0.451 e. The molecule has 0 radical (unpaired) electrons. The van der Waals surface area contributed by atoms with Gasteiger partial charge in [0, 0.05) is 37.9 Å². The van der Waals surface area contributed by atoms with Crippen LogP contribution in [0.25, 0.3) is 11.3 Å². The van der Waals surface area contributed by atoms with E-state index in [1.54, 1.807) is 31.3 Å². The fourth-order valence-corrected chi connectivity index (χ4v) is 2.99. The zero-order valence-electron chi connectivity index (χ0n) is 15.1. The maximum Gasteiger partial charge on any atom is 0.286 e. The normalized spacial score (nSPS) is 16.1. The summed E-state index contributed by atoms with van der Waals surface area (Å²) in [7, 11) is 1.55. The molecule has 0 atom stereocenters. The molecule has 0 saturated carbocycles.